The molecule has 1 aliphatic heterocycles. The average molecular weight is 343 g/mol. The van der Waals surface area contributed by atoms with Crippen LogP contribution in [0.4, 0.5) is 19.5 Å². The Hall–Kier alpha value is -2.03. The van der Waals surface area contributed by atoms with E-state index in [1.165, 1.54) is 0 Å². The van der Waals surface area contributed by atoms with Gasteiger partial charge >= 0.3 is 12.6 Å². The summed E-state index contributed by atoms with van der Waals surface area (Å²) in [5.74, 6) is 0.509. The van der Waals surface area contributed by atoms with Crippen molar-refractivity contribution in [1.29, 1.82) is 0 Å². The number of hydrogen-bond acceptors (Lipinski definition) is 5. The predicted octanol–water partition coefficient (Wildman–Crippen LogP) is 2.32. The van der Waals surface area contributed by atoms with E-state index in [0.717, 1.165) is 51.3 Å². The molecule has 0 saturated carbocycles. The topological polar surface area (TPSA) is 79.4 Å². The number of rotatable bonds is 7. The summed E-state index contributed by atoms with van der Waals surface area (Å²) >= 11 is 0. The fourth-order valence-corrected chi connectivity index (χ4v) is 2.67. The molecule has 0 radical (unpaired) electrons. The van der Waals surface area contributed by atoms with Gasteiger partial charge in [-0.3, -0.25) is 5.32 Å². The number of ether oxygens (including phenoxy) is 1. The van der Waals surface area contributed by atoms with E-state index in [9.17, 15) is 13.6 Å². The van der Waals surface area contributed by atoms with Crippen LogP contribution in [0.2, 0.25) is 0 Å². The van der Waals surface area contributed by atoms with Crippen LogP contribution >= 0.6 is 0 Å². The van der Waals surface area contributed by atoms with E-state index < -0.39 is 12.6 Å². The van der Waals surface area contributed by atoms with Crippen LogP contribution in [-0.2, 0) is 0 Å². The Labute approximate surface area is 139 Å². The third-order valence-electron chi connectivity index (χ3n) is 4.07. The van der Waals surface area contributed by atoms with E-state index in [0.29, 0.717) is 12.5 Å². The van der Waals surface area contributed by atoms with Crippen LogP contribution < -0.4 is 15.4 Å². The van der Waals surface area contributed by atoms with E-state index in [2.05, 4.69) is 37.2 Å². The number of nitrogens with zero attached hydrogens (tertiary/aromatic N) is 3. The summed E-state index contributed by atoms with van der Waals surface area (Å²) in [4.78, 5) is 21.7. The molecule has 0 atom stereocenters. The van der Waals surface area contributed by atoms with Crippen LogP contribution in [0.5, 0.6) is 5.75 Å². The normalized spacial score (nSPS) is 16.2. The van der Waals surface area contributed by atoms with Gasteiger partial charge in [0.15, 0.2) is 5.75 Å². The highest BCUT2D eigenvalue weighted by molar-refractivity contribution is 5.87. The number of carbonyl (C=O) groups excluding carboxylic acids is 1. The number of alkyl halides is 2. The molecule has 24 heavy (non-hydrogen) atoms. The summed E-state index contributed by atoms with van der Waals surface area (Å²) in [7, 11) is 0. The SMILES string of the molecule is CCN1CCC(CCNC(=O)Nc2ncc(OC(F)F)cn2)CC1. The minimum absolute atomic E-state index is 0.0328. The highest BCUT2D eigenvalue weighted by atomic mass is 19.3. The van der Waals surface area contributed by atoms with E-state index in [-0.39, 0.29) is 11.7 Å². The third kappa shape index (κ3) is 6.23. The van der Waals surface area contributed by atoms with E-state index in [4.69, 9.17) is 0 Å². The lowest BCUT2D eigenvalue weighted by Gasteiger charge is -2.30. The minimum atomic E-state index is -2.93. The van der Waals surface area contributed by atoms with Crippen molar-refractivity contribution in [3.63, 3.8) is 0 Å². The Kier molecular flexibility index (Phi) is 7.10. The van der Waals surface area contributed by atoms with Gasteiger partial charge in [0.05, 0.1) is 12.4 Å². The molecule has 1 aliphatic rings. The highest BCUT2D eigenvalue weighted by Gasteiger charge is 2.17. The first-order valence-electron chi connectivity index (χ1n) is 8.11. The smallest absolute Gasteiger partial charge is 0.387 e. The summed E-state index contributed by atoms with van der Waals surface area (Å²) in [5.41, 5.74) is 0. The predicted molar refractivity (Wildman–Crippen MR) is 85.1 cm³/mol. The summed E-state index contributed by atoms with van der Waals surface area (Å²) < 4.78 is 28.1. The molecule has 1 fully saturated rings. The van der Waals surface area contributed by atoms with Gasteiger partial charge in [-0.05, 0) is 44.8 Å². The van der Waals surface area contributed by atoms with Gasteiger partial charge in [-0.1, -0.05) is 6.92 Å². The first-order chi connectivity index (χ1) is 11.6. The quantitative estimate of drug-likeness (QED) is 0.794. The van der Waals surface area contributed by atoms with Crippen molar-refractivity contribution in [2.45, 2.75) is 32.8 Å². The molecule has 2 rings (SSSR count). The number of nitrogens with one attached hydrogen (secondary N) is 2. The van der Waals surface area contributed by atoms with Crippen molar-refractivity contribution in [3.8, 4) is 5.75 Å². The molecule has 0 aliphatic carbocycles. The maximum absolute atomic E-state index is 12.0. The molecular formula is C15H23F2N5O2. The lowest BCUT2D eigenvalue weighted by Crippen LogP contribution is -2.36. The lowest BCUT2D eigenvalue weighted by atomic mass is 9.93. The molecule has 1 aromatic rings. The number of aromatic nitrogens is 2. The second-order valence-corrected chi connectivity index (χ2v) is 5.67. The molecule has 1 saturated heterocycles. The number of likely N-dealkylation sites (tertiary alicyclic amines) is 1. The molecule has 2 amide bonds. The molecule has 0 spiro atoms. The molecule has 134 valence electrons. The molecule has 0 aromatic carbocycles. The largest absolute Gasteiger partial charge is 0.432 e. The summed E-state index contributed by atoms with van der Waals surface area (Å²) in [6, 6.07) is -0.413. The van der Waals surface area contributed by atoms with Crippen LogP contribution in [0, 0.1) is 5.92 Å². The number of amides is 2. The Morgan fingerprint density at radius 2 is 2.04 bits per heavy atom. The van der Waals surface area contributed by atoms with Crippen molar-refractivity contribution in [2.75, 3.05) is 31.5 Å². The number of carbonyl (C=O) groups is 1. The summed E-state index contributed by atoms with van der Waals surface area (Å²) in [6.45, 7) is 3.15. The maximum Gasteiger partial charge on any atom is 0.387 e. The summed E-state index contributed by atoms with van der Waals surface area (Å²) in [6.07, 6.45) is 5.41. The number of hydrogen-bond donors (Lipinski definition) is 2. The second kappa shape index (κ2) is 9.31. The van der Waals surface area contributed by atoms with Gasteiger partial charge in [0.1, 0.15) is 0 Å². The molecule has 7 nitrogen and oxygen atoms in total. The van der Waals surface area contributed by atoms with E-state index in [1.807, 2.05) is 0 Å². The number of urea groups is 1. The maximum atomic E-state index is 12.0. The summed E-state index contributed by atoms with van der Waals surface area (Å²) in [5, 5.41) is 5.21. The van der Waals surface area contributed by atoms with Gasteiger partial charge in [-0.2, -0.15) is 8.78 Å². The third-order valence-corrected chi connectivity index (χ3v) is 4.07. The monoisotopic (exact) mass is 343 g/mol. The van der Waals surface area contributed by atoms with Crippen molar-refractivity contribution in [2.24, 2.45) is 5.92 Å². The van der Waals surface area contributed by atoms with Crippen LogP contribution in [0.1, 0.15) is 26.2 Å². The lowest BCUT2D eigenvalue weighted by molar-refractivity contribution is -0.0503. The average Bonchev–Trinajstić information content (AvgIpc) is 2.57. The van der Waals surface area contributed by atoms with Crippen LogP contribution in [0.3, 0.4) is 0 Å². The van der Waals surface area contributed by atoms with Gasteiger partial charge in [0, 0.05) is 6.54 Å². The van der Waals surface area contributed by atoms with E-state index in [1.54, 1.807) is 0 Å². The highest BCUT2D eigenvalue weighted by Crippen LogP contribution is 2.19. The molecular weight excluding hydrogens is 320 g/mol. The zero-order valence-corrected chi connectivity index (χ0v) is 13.7. The first-order valence-corrected chi connectivity index (χ1v) is 8.11. The number of anilines is 1. The zero-order chi connectivity index (χ0) is 17.4. The molecule has 9 heteroatoms. The molecule has 1 aromatic heterocycles. The van der Waals surface area contributed by atoms with Crippen LogP contribution in [-0.4, -0.2) is 53.7 Å². The van der Waals surface area contributed by atoms with Crippen LogP contribution in [0.15, 0.2) is 12.4 Å². The van der Waals surface area contributed by atoms with Crippen molar-refractivity contribution < 1.29 is 18.3 Å². The fourth-order valence-electron chi connectivity index (χ4n) is 2.67. The molecule has 2 heterocycles. The standard InChI is InChI=1S/C15H23F2N5O2/c1-2-22-7-4-11(5-8-22)3-6-18-15(23)21-14-19-9-12(10-20-14)24-13(16)17/h9-11,13H,2-8H2,1H3,(H2,18,19,20,21,23). The number of piperidine rings is 1. The Balaban J connectivity index is 1.64. The minimum Gasteiger partial charge on any atom is -0.432 e. The van der Waals surface area contributed by atoms with Gasteiger partial charge in [0.25, 0.3) is 0 Å². The second-order valence-electron chi connectivity index (χ2n) is 5.67. The van der Waals surface area contributed by atoms with Crippen molar-refractivity contribution >= 4 is 12.0 Å². The Morgan fingerprint density at radius 1 is 1.38 bits per heavy atom. The molecule has 0 bridgehead atoms. The van der Waals surface area contributed by atoms with Gasteiger partial charge in [-0.15, -0.1) is 0 Å². The fraction of sp³-hybridized carbons (Fsp3) is 0.667. The van der Waals surface area contributed by atoms with E-state index >= 15 is 0 Å². The van der Waals surface area contributed by atoms with Crippen LogP contribution in [0.25, 0.3) is 0 Å². The van der Waals surface area contributed by atoms with Crippen molar-refractivity contribution in [3.05, 3.63) is 12.4 Å². The van der Waals surface area contributed by atoms with Crippen molar-refractivity contribution in [1.82, 2.24) is 20.2 Å². The Morgan fingerprint density at radius 3 is 2.62 bits per heavy atom. The number of halogens is 2. The van der Waals surface area contributed by atoms with Gasteiger partial charge < -0.3 is 15.0 Å². The van der Waals surface area contributed by atoms with Gasteiger partial charge in [-0.25, -0.2) is 14.8 Å². The molecule has 0 unspecified atom stereocenters. The Bertz CT molecular complexity index is 507. The first kappa shape index (κ1) is 18.3. The van der Waals surface area contributed by atoms with Gasteiger partial charge in [0.2, 0.25) is 5.95 Å². The zero-order valence-electron chi connectivity index (χ0n) is 13.7. The molecule has 2 N–H and O–H groups in total.